The van der Waals surface area contributed by atoms with Crippen molar-refractivity contribution >= 4 is 7.12 Å². The highest BCUT2D eigenvalue weighted by atomic mass is 16.7. The summed E-state index contributed by atoms with van der Waals surface area (Å²) >= 11 is 0. The van der Waals surface area contributed by atoms with Crippen LogP contribution in [0.2, 0.25) is 0 Å². The predicted molar refractivity (Wildman–Crippen MR) is 63.9 cm³/mol. The highest BCUT2D eigenvalue weighted by Crippen LogP contribution is 2.37. The molecule has 1 unspecified atom stereocenters. The number of quaternary nitrogens is 1. The minimum absolute atomic E-state index is 0.163. The topological polar surface area (TPSA) is 55.3 Å². The molecule has 0 spiro atoms. The maximum absolute atomic E-state index is 5.93. The first-order chi connectivity index (χ1) is 7.30. The van der Waals surface area contributed by atoms with E-state index in [0.29, 0.717) is 0 Å². The van der Waals surface area contributed by atoms with Crippen LogP contribution in [0.25, 0.3) is 0 Å². The average molecular weight is 230 g/mol. The van der Waals surface area contributed by atoms with Gasteiger partial charge in [-0.15, -0.1) is 0 Å². The summed E-state index contributed by atoms with van der Waals surface area (Å²) in [6.45, 7) is 9.03. The van der Waals surface area contributed by atoms with E-state index in [0.717, 1.165) is 19.4 Å². The van der Waals surface area contributed by atoms with Gasteiger partial charge in [0.2, 0.25) is 0 Å². The van der Waals surface area contributed by atoms with Crippen LogP contribution in [-0.4, -0.2) is 38.0 Å². The van der Waals surface area contributed by atoms with E-state index in [1.807, 2.05) is 0 Å². The fourth-order valence-electron chi connectivity index (χ4n) is 1.71. The summed E-state index contributed by atoms with van der Waals surface area (Å²) < 4.78 is 16.9. The summed E-state index contributed by atoms with van der Waals surface area (Å²) in [6, 6.07) is 0. The van der Waals surface area contributed by atoms with Crippen molar-refractivity contribution in [2.45, 2.75) is 57.7 Å². The van der Waals surface area contributed by atoms with Crippen molar-refractivity contribution in [2.24, 2.45) is 0 Å². The molecule has 0 amide bonds. The van der Waals surface area contributed by atoms with Gasteiger partial charge in [0.25, 0.3) is 0 Å². The molecule has 1 fully saturated rings. The largest absolute Gasteiger partial charge is 0.521 e. The van der Waals surface area contributed by atoms with Gasteiger partial charge in [0.05, 0.1) is 11.2 Å². The first kappa shape index (κ1) is 14.0. The van der Waals surface area contributed by atoms with Crippen molar-refractivity contribution < 1.29 is 19.8 Å². The van der Waals surface area contributed by atoms with E-state index in [-0.39, 0.29) is 24.3 Å². The van der Waals surface area contributed by atoms with E-state index < -0.39 is 0 Å². The average Bonchev–Trinajstić information content (AvgIpc) is 2.36. The van der Waals surface area contributed by atoms with E-state index in [1.165, 1.54) is 0 Å². The molecular weight excluding hydrogens is 205 g/mol. The molecule has 5 heteroatoms. The molecule has 1 rings (SSSR count). The maximum atomic E-state index is 5.93. The van der Waals surface area contributed by atoms with Gasteiger partial charge in [-0.3, -0.25) is 0 Å². The molecule has 0 aromatic carbocycles. The van der Waals surface area contributed by atoms with Crippen molar-refractivity contribution in [2.75, 3.05) is 13.7 Å². The first-order valence-corrected chi connectivity index (χ1v) is 5.98. The normalized spacial score (nSPS) is 24.8. The van der Waals surface area contributed by atoms with Crippen LogP contribution in [-0.2, 0) is 14.0 Å². The van der Waals surface area contributed by atoms with E-state index in [1.54, 1.807) is 7.11 Å². The Kier molecular flexibility index (Phi) is 4.40. The van der Waals surface area contributed by atoms with E-state index in [9.17, 15) is 0 Å². The molecule has 0 aliphatic carbocycles. The smallest absolute Gasteiger partial charge is 0.399 e. The summed E-state index contributed by atoms with van der Waals surface area (Å²) in [7, 11) is 1.52. The summed E-state index contributed by atoms with van der Waals surface area (Å²) in [5, 5.41) is 0. The number of hydrogen-bond acceptors (Lipinski definition) is 3. The third-order valence-corrected chi connectivity index (χ3v) is 3.58. The van der Waals surface area contributed by atoms with E-state index in [4.69, 9.17) is 14.0 Å². The molecule has 1 aliphatic heterocycles. The van der Waals surface area contributed by atoms with Crippen LogP contribution >= 0.6 is 0 Å². The molecule has 1 aliphatic rings. The van der Waals surface area contributed by atoms with Crippen LogP contribution in [0, 0.1) is 0 Å². The van der Waals surface area contributed by atoms with Crippen LogP contribution < -0.4 is 5.73 Å². The van der Waals surface area contributed by atoms with E-state index in [2.05, 4.69) is 33.4 Å². The molecule has 1 atom stereocenters. The first-order valence-electron chi connectivity index (χ1n) is 5.98. The van der Waals surface area contributed by atoms with Crippen LogP contribution in [0.3, 0.4) is 0 Å². The van der Waals surface area contributed by atoms with Crippen molar-refractivity contribution in [1.82, 2.24) is 0 Å². The molecule has 0 aromatic rings. The van der Waals surface area contributed by atoms with Crippen molar-refractivity contribution in [3.8, 4) is 0 Å². The monoisotopic (exact) mass is 230 g/mol. The summed E-state index contributed by atoms with van der Waals surface area (Å²) in [5.41, 5.74) is 3.61. The van der Waals surface area contributed by atoms with Gasteiger partial charge in [-0.05, 0) is 40.5 Å². The lowest BCUT2D eigenvalue weighted by molar-refractivity contribution is -0.399. The highest BCUT2D eigenvalue weighted by molar-refractivity contribution is 6.46. The molecule has 0 aromatic heterocycles. The maximum Gasteiger partial charge on any atom is 0.521 e. The Labute approximate surface area is 99.0 Å². The SMILES string of the molecule is COCCCC([NH3+])B1OC(C)(C)C(C)(C)O1. The second kappa shape index (κ2) is 5.04. The van der Waals surface area contributed by atoms with Gasteiger partial charge in [0.1, 0.15) is 5.94 Å². The Balaban J connectivity index is 2.46. The third-order valence-electron chi connectivity index (χ3n) is 3.58. The number of methoxy groups -OCH3 is 1. The van der Waals surface area contributed by atoms with Crippen molar-refractivity contribution in [3.05, 3.63) is 0 Å². The molecule has 94 valence electrons. The highest BCUT2D eigenvalue weighted by Gasteiger charge is 2.54. The van der Waals surface area contributed by atoms with Gasteiger partial charge in [-0.25, -0.2) is 0 Å². The Morgan fingerprint density at radius 1 is 1.19 bits per heavy atom. The second-order valence-corrected chi connectivity index (χ2v) is 5.52. The van der Waals surface area contributed by atoms with Gasteiger partial charge in [0, 0.05) is 13.7 Å². The minimum Gasteiger partial charge on any atom is -0.399 e. The fourth-order valence-corrected chi connectivity index (χ4v) is 1.71. The number of hydrogen-bond donors (Lipinski definition) is 1. The quantitative estimate of drug-likeness (QED) is 0.557. The zero-order chi connectivity index (χ0) is 12.4. The van der Waals surface area contributed by atoms with Crippen molar-refractivity contribution in [1.29, 1.82) is 0 Å². The Morgan fingerprint density at radius 2 is 1.69 bits per heavy atom. The molecule has 3 N–H and O–H groups in total. The molecule has 1 heterocycles. The van der Waals surface area contributed by atoms with Gasteiger partial charge in [0.15, 0.2) is 0 Å². The van der Waals surface area contributed by atoms with Gasteiger partial charge in [-0.1, -0.05) is 0 Å². The Morgan fingerprint density at radius 3 is 2.12 bits per heavy atom. The van der Waals surface area contributed by atoms with E-state index >= 15 is 0 Å². The standard InChI is InChI=1S/C11H24BNO3/c1-10(2)11(3,4)16-12(15-10)9(13)7-6-8-14-5/h9H,6-8,13H2,1-5H3/p+1. The molecule has 0 radical (unpaired) electrons. The van der Waals surface area contributed by atoms with Crippen LogP contribution in [0.1, 0.15) is 40.5 Å². The number of ether oxygens (including phenoxy) is 1. The Hall–Kier alpha value is -0.0951. The molecular formula is C11H25BNO3+. The summed E-state index contributed by atoms with van der Waals surface area (Å²) in [5.74, 6) is 0.163. The zero-order valence-electron chi connectivity index (χ0n) is 11.2. The summed E-state index contributed by atoms with van der Waals surface area (Å²) in [6.07, 6.45) is 1.96. The molecule has 16 heavy (non-hydrogen) atoms. The molecule has 4 nitrogen and oxygen atoms in total. The third kappa shape index (κ3) is 2.97. The second-order valence-electron chi connectivity index (χ2n) is 5.52. The number of rotatable bonds is 5. The fraction of sp³-hybridized carbons (Fsp3) is 1.00. The van der Waals surface area contributed by atoms with Crippen LogP contribution in [0.4, 0.5) is 0 Å². The predicted octanol–water partition coefficient (Wildman–Crippen LogP) is 0.655. The van der Waals surface area contributed by atoms with Gasteiger partial charge < -0.3 is 19.8 Å². The molecule has 0 saturated carbocycles. The van der Waals surface area contributed by atoms with Crippen molar-refractivity contribution in [3.63, 3.8) is 0 Å². The zero-order valence-corrected chi connectivity index (χ0v) is 11.2. The Bertz CT molecular complexity index is 217. The van der Waals surface area contributed by atoms with Gasteiger partial charge in [-0.2, -0.15) is 0 Å². The minimum atomic E-state index is -0.255. The lowest BCUT2D eigenvalue weighted by atomic mass is 9.76. The molecule has 0 bridgehead atoms. The lowest BCUT2D eigenvalue weighted by Crippen LogP contribution is -2.68. The summed E-state index contributed by atoms with van der Waals surface area (Å²) in [4.78, 5) is 0. The van der Waals surface area contributed by atoms with Gasteiger partial charge >= 0.3 is 7.12 Å². The van der Waals surface area contributed by atoms with Crippen LogP contribution in [0.5, 0.6) is 0 Å². The lowest BCUT2D eigenvalue weighted by Gasteiger charge is -2.32. The molecule has 1 saturated heterocycles. The van der Waals surface area contributed by atoms with Crippen LogP contribution in [0.15, 0.2) is 0 Å².